The fraction of sp³-hybridized carbons (Fsp3) is 0.167. The molecular weight excluding hydrogens is 438 g/mol. The molecule has 0 bridgehead atoms. The Bertz CT molecular complexity index is 1210. The van der Waals surface area contributed by atoms with Crippen molar-refractivity contribution in [1.82, 2.24) is 14.8 Å². The largest absolute Gasteiger partial charge is 0.325 e. The van der Waals surface area contributed by atoms with Crippen molar-refractivity contribution < 1.29 is 4.79 Å². The van der Waals surface area contributed by atoms with Crippen LogP contribution in [0.2, 0.25) is 0 Å². The number of aryl methyl sites for hydroxylation is 1. The SMILES string of the molecule is N#Cc1cccc(NC(=O)CSc2nnc(Cc3cccs3)n2CCc2ccccc2)c1. The zero-order valence-electron chi connectivity index (χ0n) is 17.3. The number of aromatic nitrogens is 3. The third-order valence-corrected chi connectivity index (χ3v) is 6.62. The van der Waals surface area contributed by atoms with Crippen molar-refractivity contribution >= 4 is 34.7 Å². The van der Waals surface area contributed by atoms with Crippen molar-refractivity contribution in [2.24, 2.45) is 0 Å². The van der Waals surface area contributed by atoms with E-state index in [0.29, 0.717) is 17.7 Å². The van der Waals surface area contributed by atoms with Crippen LogP contribution in [0.4, 0.5) is 5.69 Å². The topological polar surface area (TPSA) is 83.6 Å². The summed E-state index contributed by atoms with van der Waals surface area (Å²) in [5.74, 6) is 0.953. The minimum atomic E-state index is -0.150. The average molecular weight is 460 g/mol. The highest BCUT2D eigenvalue weighted by Crippen LogP contribution is 2.22. The summed E-state index contributed by atoms with van der Waals surface area (Å²) in [6.45, 7) is 0.742. The Labute approximate surface area is 194 Å². The maximum absolute atomic E-state index is 12.5. The number of carbonyl (C=O) groups is 1. The van der Waals surface area contributed by atoms with Gasteiger partial charge in [0.15, 0.2) is 5.16 Å². The van der Waals surface area contributed by atoms with E-state index in [9.17, 15) is 4.79 Å². The van der Waals surface area contributed by atoms with Gasteiger partial charge in [-0.25, -0.2) is 0 Å². The average Bonchev–Trinajstić information content (AvgIpc) is 3.47. The molecule has 0 spiro atoms. The number of benzene rings is 2. The number of hydrogen-bond donors (Lipinski definition) is 1. The molecule has 2 heterocycles. The van der Waals surface area contributed by atoms with E-state index < -0.39 is 0 Å². The van der Waals surface area contributed by atoms with E-state index in [2.05, 4.69) is 49.7 Å². The summed E-state index contributed by atoms with van der Waals surface area (Å²) in [6, 6.07) is 23.4. The minimum Gasteiger partial charge on any atom is -0.325 e. The molecule has 6 nitrogen and oxygen atoms in total. The third-order valence-electron chi connectivity index (χ3n) is 4.78. The number of anilines is 1. The Balaban J connectivity index is 1.45. The summed E-state index contributed by atoms with van der Waals surface area (Å²) in [6.07, 6.45) is 1.57. The highest BCUT2D eigenvalue weighted by Gasteiger charge is 2.15. The quantitative estimate of drug-likeness (QED) is 0.364. The number of rotatable bonds is 9. The summed E-state index contributed by atoms with van der Waals surface area (Å²) in [5, 5.41) is 23.4. The van der Waals surface area contributed by atoms with E-state index in [-0.39, 0.29) is 11.7 Å². The van der Waals surface area contributed by atoms with Gasteiger partial charge >= 0.3 is 0 Å². The lowest BCUT2D eigenvalue weighted by Gasteiger charge is -2.10. The fourth-order valence-corrected chi connectivity index (χ4v) is 4.71. The van der Waals surface area contributed by atoms with Crippen molar-refractivity contribution in [3.05, 3.63) is 93.9 Å². The van der Waals surface area contributed by atoms with Crippen LogP contribution in [-0.4, -0.2) is 26.4 Å². The molecule has 0 aliphatic rings. The molecule has 4 aromatic rings. The number of nitriles is 1. The van der Waals surface area contributed by atoms with E-state index in [1.165, 1.54) is 22.2 Å². The van der Waals surface area contributed by atoms with Crippen LogP contribution in [0.5, 0.6) is 0 Å². The predicted molar refractivity (Wildman–Crippen MR) is 128 cm³/mol. The second kappa shape index (κ2) is 10.8. The Morgan fingerprint density at radius 2 is 1.97 bits per heavy atom. The second-order valence-corrected chi connectivity index (χ2v) is 9.05. The first-order valence-electron chi connectivity index (χ1n) is 10.1. The highest BCUT2D eigenvalue weighted by atomic mass is 32.2. The Morgan fingerprint density at radius 1 is 1.09 bits per heavy atom. The van der Waals surface area contributed by atoms with Gasteiger partial charge in [-0.3, -0.25) is 4.79 Å². The minimum absolute atomic E-state index is 0.150. The number of carbonyl (C=O) groups excluding carboxylic acids is 1. The Morgan fingerprint density at radius 3 is 2.75 bits per heavy atom. The van der Waals surface area contributed by atoms with Gasteiger partial charge < -0.3 is 9.88 Å². The van der Waals surface area contributed by atoms with Crippen LogP contribution in [0.3, 0.4) is 0 Å². The Kier molecular flexibility index (Phi) is 7.33. The first-order chi connectivity index (χ1) is 15.7. The zero-order chi connectivity index (χ0) is 22.2. The first-order valence-corrected chi connectivity index (χ1v) is 12.0. The molecule has 1 amide bonds. The molecule has 8 heteroatoms. The second-order valence-electron chi connectivity index (χ2n) is 7.07. The lowest BCUT2D eigenvalue weighted by molar-refractivity contribution is -0.113. The van der Waals surface area contributed by atoms with Crippen molar-refractivity contribution in [1.29, 1.82) is 5.26 Å². The predicted octanol–water partition coefficient (Wildman–Crippen LogP) is 4.78. The summed E-state index contributed by atoms with van der Waals surface area (Å²) < 4.78 is 2.11. The zero-order valence-corrected chi connectivity index (χ0v) is 18.9. The van der Waals surface area contributed by atoms with Gasteiger partial charge in [0.1, 0.15) is 5.82 Å². The summed E-state index contributed by atoms with van der Waals surface area (Å²) >= 11 is 3.07. The molecule has 0 fully saturated rings. The van der Waals surface area contributed by atoms with Gasteiger partial charge in [-0.1, -0.05) is 54.2 Å². The lowest BCUT2D eigenvalue weighted by Crippen LogP contribution is -2.15. The molecule has 0 saturated carbocycles. The first kappa shape index (κ1) is 21.8. The standard InChI is InChI=1S/C24H21N5OS2/c25-16-19-8-4-9-20(14-19)26-23(30)17-32-24-28-27-22(15-21-10-5-13-31-21)29(24)12-11-18-6-2-1-3-7-18/h1-10,13-14H,11-12,15,17H2,(H,26,30). The lowest BCUT2D eigenvalue weighted by atomic mass is 10.1. The van der Waals surface area contributed by atoms with Crippen molar-refractivity contribution in [3.8, 4) is 6.07 Å². The van der Waals surface area contributed by atoms with E-state index in [4.69, 9.17) is 5.26 Å². The molecular formula is C24H21N5OS2. The molecule has 4 rings (SSSR count). The molecule has 2 aromatic carbocycles. The van der Waals surface area contributed by atoms with Gasteiger partial charge in [0.2, 0.25) is 5.91 Å². The molecule has 2 aromatic heterocycles. The summed E-state index contributed by atoms with van der Waals surface area (Å²) in [7, 11) is 0. The maximum Gasteiger partial charge on any atom is 0.234 e. The highest BCUT2D eigenvalue weighted by molar-refractivity contribution is 7.99. The van der Waals surface area contributed by atoms with Gasteiger partial charge in [0.25, 0.3) is 0 Å². The summed E-state index contributed by atoms with van der Waals surface area (Å²) in [4.78, 5) is 13.7. The van der Waals surface area contributed by atoms with Gasteiger partial charge in [-0.2, -0.15) is 5.26 Å². The molecule has 0 radical (unpaired) electrons. The monoisotopic (exact) mass is 459 g/mol. The molecule has 32 heavy (non-hydrogen) atoms. The summed E-state index contributed by atoms with van der Waals surface area (Å²) in [5.41, 5.74) is 2.36. The number of amides is 1. The van der Waals surface area contributed by atoms with E-state index >= 15 is 0 Å². The van der Waals surface area contributed by atoms with Gasteiger partial charge in [-0.05, 0) is 41.6 Å². The number of thiophene rings is 1. The van der Waals surface area contributed by atoms with Crippen LogP contribution in [0, 0.1) is 11.3 Å². The molecule has 0 aliphatic heterocycles. The molecule has 0 aliphatic carbocycles. The number of thioether (sulfide) groups is 1. The maximum atomic E-state index is 12.5. The van der Waals surface area contributed by atoms with Gasteiger partial charge in [-0.15, -0.1) is 21.5 Å². The van der Waals surface area contributed by atoms with Crippen LogP contribution in [0.25, 0.3) is 0 Å². The fourth-order valence-electron chi connectivity index (χ4n) is 3.23. The van der Waals surface area contributed by atoms with Crippen molar-refractivity contribution in [2.45, 2.75) is 24.5 Å². The number of nitrogens with one attached hydrogen (secondary N) is 1. The van der Waals surface area contributed by atoms with Crippen LogP contribution in [0.15, 0.2) is 77.3 Å². The normalized spacial score (nSPS) is 10.6. The third kappa shape index (κ3) is 5.84. The van der Waals surface area contributed by atoms with E-state index in [0.717, 1.165) is 23.9 Å². The van der Waals surface area contributed by atoms with Crippen LogP contribution >= 0.6 is 23.1 Å². The van der Waals surface area contributed by atoms with Crippen molar-refractivity contribution in [3.63, 3.8) is 0 Å². The smallest absolute Gasteiger partial charge is 0.234 e. The van der Waals surface area contributed by atoms with Crippen LogP contribution in [-0.2, 0) is 24.2 Å². The number of hydrogen-bond acceptors (Lipinski definition) is 6. The molecule has 0 atom stereocenters. The molecule has 1 N–H and O–H groups in total. The van der Waals surface area contributed by atoms with Gasteiger partial charge in [0, 0.05) is 23.5 Å². The van der Waals surface area contributed by atoms with Crippen LogP contribution < -0.4 is 5.32 Å². The van der Waals surface area contributed by atoms with Crippen molar-refractivity contribution in [2.75, 3.05) is 11.1 Å². The van der Waals surface area contributed by atoms with E-state index in [1.54, 1.807) is 35.6 Å². The van der Waals surface area contributed by atoms with Gasteiger partial charge in [0.05, 0.1) is 17.4 Å². The molecule has 0 saturated heterocycles. The number of nitrogens with zero attached hydrogens (tertiary/aromatic N) is 4. The van der Waals surface area contributed by atoms with E-state index in [1.807, 2.05) is 24.3 Å². The Hall–Kier alpha value is -3.41. The molecule has 0 unspecified atom stereocenters. The van der Waals surface area contributed by atoms with Crippen LogP contribution in [0.1, 0.15) is 21.8 Å². The molecule has 160 valence electrons.